The summed E-state index contributed by atoms with van der Waals surface area (Å²) in [5.41, 5.74) is 9.18. The van der Waals surface area contributed by atoms with Crippen LogP contribution in [0.5, 0.6) is 17.2 Å². The molecule has 0 fully saturated rings. The maximum Gasteiger partial charge on any atom is 0.119 e. The van der Waals surface area contributed by atoms with Crippen molar-refractivity contribution in [2.75, 3.05) is 19.8 Å². The van der Waals surface area contributed by atoms with Crippen molar-refractivity contribution in [3.05, 3.63) is 188 Å². The van der Waals surface area contributed by atoms with Gasteiger partial charge in [-0.15, -0.1) is 11.3 Å². The number of unbranched alkanes of at least 4 members (excludes halogenated alkanes) is 3. The van der Waals surface area contributed by atoms with E-state index in [1.807, 2.05) is 0 Å². The molecular formula is C54H54N4O3S. The molecular weight excluding hydrogens is 785 g/mol. The van der Waals surface area contributed by atoms with Gasteiger partial charge in [-0.05, 0) is 132 Å². The Balaban J connectivity index is 1.29. The molecule has 0 radical (unpaired) electrons. The van der Waals surface area contributed by atoms with Crippen molar-refractivity contribution in [1.29, 1.82) is 0 Å². The van der Waals surface area contributed by atoms with Crippen LogP contribution in [0.3, 0.4) is 0 Å². The number of rotatable bonds is 16. The molecule has 8 heteroatoms. The summed E-state index contributed by atoms with van der Waals surface area (Å²) in [5.74, 6) is 2.57. The fourth-order valence-corrected chi connectivity index (χ4v) is 9.36. The molecule has 0 saturated heterocycles. The highest BCUT2D eigenvalue weighted by atomic mass is 32.1. The Morgan fingerprint density at radius 3 is 1.85 bits per heavy atom. The van der Waals surface area contributed by atoms with E-state index >= 15 is 0 Å². The summed E-state index contributed by atoms with van der Waals surface area (Å²) in [6, 6.07) is 38.4. The summed E-state index contributed by atoms with van der Waals surface area (Å²) in [4.78, 5) is 19.9. The predicted octanol–water partition coefficient (Wildman–Crippen LogP) is 11.1. The van der Waals surface area contributed by atoms with Gasteiger partial charge in [-0.3, -0.25) is 4.99 Å². The van der Waals surface area contributed by atoms with Gasteiger partial charge in [-0.1, -0.05) is 88.6 Å². The molecule has 0 spiro atoms. The number of hydrogen-bond acceptors (Lipinski definition) is 6. The molecule has 3 aromatic carbocycles. The van der Waals surface area contributed by atoms with E-state index in [2.05, 4.69) is 176 Å². The van der Waals surface area contributed by atoms with E-state index in [9.17, 15) is 0 Å². The lowest BCUT2D eigenvalue weighted by Gasteiger charge is -2.38. The van der Waals surface area contributed by atoms with E-state index < -0.39 is 5.41 Å². The second-order valence-corrected chi connectivity index (χ2v) is 17.0. The third kappa shape index (κ3) is 8.32. The van der Waals surface area contributed by atoms with Crippen LogP contribution in [0, 0.1) is 0 Å². The number of aliphatic imine (C=N–C) groups is 2. The quantitative estimate of drug-likeness (QED) is 0.0952. The molecule has 1 unspecified atom stereocenters. The van der Waals surface area contributed by atoms with Gasteiger partial charge in [0.25, 0.3) is 0 Å². The van der Waals surface area contributed by atoms with Crippen LogP contribution in [0.4, 0.5) is 0 Å². The van der Waals surface area contributed by atoms with Crippen LogP contribution in [0.25, 0.3) is 17.2 Å². The number of benzene rings is 3. The second-order valence-electron chi connectivity index (χ2n) is 16.0. The number of aromatic amines is 2. The minimum Gasteiger partial charge on any atom is -0.494 e. The Morgan fingerprint density at radius 2 is 1.26 bits per heavy atom. The van der Waals surface area contributed by atoms with Crippen molar-refractivity contribution in [2.45, 2.75) is 70.8 Å². The molecule has 0 amide bonds. The molecule has 3 aliphatic rings. The van der Waals surface area contributed by atoms with Crippen molar-refractivity contribution >= 4 is 40.0 Å². The first kappa shape index (κ1) is 41.0. The van der Waals surface area contributed by atoms with Crippen molar-refractivity contribution < 1.29 is 14.2 Å². The van der Waals surface area contributed by atoms with Crippen LogP contribution in [0.15, 0.2) is 155 Å². The van der Waals surface area contributed by atoms with Crippen LogP contribution >= 0.6 is 11.3 Å². The van der Waals surface area contributed by atoms with E-state index in [1.165, 1.54) is 0 Å². The molecule has 0 saturated carbocycles. The summed E-state index contributed by atoms with van der Waals surface area (Å²) in [7, 11) is 0. The van der Waals surface area contributed by atoms with Gasteiger partial charge in [0, 0.05) is 38.1 Å². The molecule has 8 bridgehead atoms. The fraction of sp³-hybridized carbons (Fsp3) is 0.259. The normalized spacial score (nSPS) is 18.9. The third-order valence-electron chi connectivity index (χ3n) is 11.8. The van der Waals surface area contributed by atoms with Gasteiger partial charge in [0.1, 0.15) is 17.2 Å². The Hall–Kier alpha value is -6.38. The van der Waals surface area contributed by atoms with E-state index in [0.29, 0.717) is 19.8 Å². The Bertz CT molecular complexity index is 2710. The van der Waals surface area contributed by atoms with Crippen molar-refractivity contribution in [1.82, 2.24) is 9.97 Å². The lowest BCUT2D eigenvalue weighted by Crippen LogP contribution is -2.40. The van der Waals surface area contributed by atoms with E-state index in [0.717, 1.165) is 128 Å². The number of allylic oxidation sites excluding steroid dienone is 3. The highest BCUT2D eigenvalue weighted by Gasteiger charge is 2.46. The molecule has 7 nitrogen and oxygen atoms in total. The van der Waals surface area contributed by atoms with E-state index in [1.54, 1.807) is 11.3 Å². The Morgan fingerprint density at radius 1 is 0.629 bits per heavy atom. The van der Waals surface area contributed by atoms with E-state index in [-0.39, 0.29) is 6.04 Å². The third-order valence-corrected chi connectivity index (χ3v) is 12.7. The molecule has 9 rings (SSSR count). The van der Waals surface area contributed by atoms with Gasteiger partial charge >= 0.3 is 0 Å². The molecule has 6 heterocycles. The lowest BCUT2D eigenvalue weighted by atomic mass is 9.67. The number of fused-ring (bicyclic) bond motifs is 6. The van der Waals surface area contributed by atoms with Gasteiger partial charge in [-0.25, -0.2) is 4.99 Å². The molecule has 3 aromatic heterocycles. The maximum atomic E-state index is 6.23. The average molecular weight is 839 g/mol. The highest BCUT2D eigenvalue weighted by molar-refractivity contribution is 7.11. The van der Waals surface area contributed by atoms with Gasteiger partial charge in [-0.2, -0.15) is 0 Å². The highest BCUT2D eigenvalue weighted by Crippen LogP contribution is 2.47. The predicted molar refractivity (Wildman–Crippen MR) is 256 cm³/mol. The van der Waals surface area contributed by atoms with Crippen LogP contribution in [-0.4, -0.2) is 47.3 Å². The van der Waals surface area contributed by atoms with Crippen LogP contribution < -0.4 is 24.9 Å². The van der Waals surface area contributed by atoms with Crippen LogP contribution in [-0.2, 0) is 5.41 Å². The van der Waals surface area contributed by atoms with Crippen molar-refractivity contribution in [3.8, 4) is 17.2 Å². The number of H-pyrrole nitrogens is 2. The van der Waals surface area contributed by atoms with Gasteiger partial charge in [0.2, 0.25) is 0 Å². The number of hydrogen-bond donors (Lipinski definition) is 2. The summed E-state index contributed by atoms with van der Waals surface area (Å²) in [6.45, 7) is 8.61. The largest absolute Gasteiger partial charge is 0.494 e. The monoisotopic (exact) mass is 838 g/mol. The fourth-order valence-electron chi connectivity index (χ4n) is 8.56. The molecule has 6 aromatic rings. The number of ether oxygens (including phenoxy) is 3. The van der Waals surface area contributed by atoms with Crippen LogP contribution in [0.1, 0.15) is 92.3 Å². The zero-order valence-electron chi connectivity index (χ0n) is 35.8. The Kier molecular flexibility index (Phi) is 12.4. The number of aromatic nitrogens is 2. The van der Waals surface area contributed by atoms with Crippen LogP contribution in [0.2, 0.25) is 0 Å². The molecule has 0 aliphatic carbocycles. The summed E-state index contributed by atoms with van der Waals surface area (Å²) < 4.78 is 18.6. The summed E-state index contributed by atoms with van der Waals surface area (Å²) >= 11 is 1.72. The summed E-state index contributed by atoms with van der Waals surface area (Å²) in [5, 5.41) is 4.06. The number of nitrogens with one attached hydrogen (secondary N) is 2. The Labute approximate surface area is 368 Å². The maximum absolute atomic E-state index is 6.23. The zero-order chi connectivity index (χ0) is 42.3. The van der Waals surface area contributed by atoms with Gasteiger partial charge in [0.05, 0.1) is 48.4 Å². The standard InChI is InChI=1S/C54H54N4O3S/c1-4-7-32-59-42-20-12-37(13-21-42)52-45-26-18-40(55-45)36-41-19-27-47(56-41)53(49-11-10-35-62-49)48-29-31-51(58-48)54(50-30-28-46(52)57-50,38-14-22-43(23-15-38)60-33-8-5-2)39-16-24-44(25-17-39)61-34-9-6-3/h10-31,35-36,50,55,58H,4-9,32-34H2,1-3H3/b40-36-,52-45-,53-47+. The van der Waals surface area contributed by atoms with Crippen molar-refractivity contribution in [2.24, 2.45) is 9.98 Å². The molecule has 3 aliphatic heterocycles. The minimum atomic E-state index is -0.806. The molecule has 314 valence electrons. The number of thiophene rings is 1. The zero-order valence-corrected chi connectivity index (χ0v) is 36.6. The van der Waals surface area contributed by atoms with E-state index in [4.69, 9.17) is 24.2 Å². The smallest absolute Gasteiger partial charge is 0.119 e. The van der Waals surface area contributed by atoms with Gasteiger partial charge in [0.15, 0.2) is 0 Å². The lowest BCUT2D eigenvalue weighted by molar-refractivity contribution is 0.309. The molecule has 62 heavy (non-hydrogen) atoms. The minimum absolute atomic E-state index is 0.350. The first-order chi connectivity index (χ1) is 30.6. The summed E-state index contributed by atoms with van der Waals surface area (Å²) in [6.07, 6.45) is 17.1. The number of nitrogens with zero attached hydrogens (tertiary/aromatic N) is 2. The van der Waals surface area contributed by atoms with Crippen molar-refractivity contribution in [3.63, 3.8) is 0 Å². The molecule has 1 atom stereocenters. The first-order valence-electron chi connectivity index (χ1n) is 22.2. The first-order valence-corrected chi connectivity index (χ1v) is 23.1. The second kappa shape index (κ2) is 18.7. The van der Waals surface area contributed by atoms with Gasteiger partial charge < -0.3 is 24.2 Å². The average Bonchev–Trinajstić information content (AvgIpc) is 4.17. The SMILES string of the molecule is CCCCOc1ccc(/C2=c3\cc/c([nH]3)=C/C3=NC(=C(/c4cccs4)c4ccc([nH]4)C(c4ccc(OCCCC)cc4)(c4ccc(OCCCC)cc4)C4C=CC2=N4)/C=C3)cc1. The molecule has 2 N–H and O–H groups in total. The topological polar surface area (TPSA) is 84.0 Å².